The summed E-state index contributed by atoms with van der Waals surface area (Å²) in [4.78, 5) is 26.4. The molecule has 3 atom stereocenters. The topological polar surface area (TPSA) is 93.1 Å². The van der Waals surface area contributed by atoms with Gasteiger partial charge in [0, 0.05) is 26.1 Å². The number of nitrogens with one attached hydrogen (secondary N) is 1. The first kappa shape index (κ1) is 14.1. The van der Waals surface area contributed by atoms with E-state index < -0.39 is 24.1 Å². The summed E-state index contributed by atoms with van der Waals surface area (Å²) in [7, 11) is 2.04. The largest absolute Gasteiger partial charge is 0.480 e. The number of hydrogen-bond donors (Lipinski definition) is 3. The number of aliphatic carboxylic acids is 1. The first-order valence-corrected chi connectivity index (χ1v) is 6.61. The van der Waals surface area contributed by atoms with E-state index in [9.17, 15) is 14.7 Å². The molecule has 2 rings (SSSR count). The monoisotopic (exact) mass is 271 g/mol. The lowest BCUT2D eigenvalue weighted by Crippen LogP contribution is -2.47. The molecular weight excluding hydrogens is 250 g/mol. The van der Waals surface area contributed by atoms with Gasteiger partial charge in [-0.05, 0) is 25.9 Å². The third-order valence-electron chi connectivity index (χ3n) is 3.86. The molecule has 0 saturated carbocycles. The fourth-order valence-electron chi connectivity index (χ4n) is 2.80. The van der Waals surface area contributed by atoms with Crippen LogP contribution >= 0.6 is 0 Å². The minimum Gasteiger partial charge on any atom is -0.480 e. The molecule has 0 aromatic carbocycles. The minimum atomic E-state index is -1.06. The summed E-state index contributed by atoms with van der Waals surface area (Å²) in [5.74, 6) is -0.642. The van der Waals surface area contributed by atoms with E-state index in [2.05, 4.69) is 10.2 Å². The molecule has 2 amide bonds. The van der Waals surface area contributed by atoms with E-state index in [0.717, 1.165) is 19.5 Å². The zero-order valence-corrected chi connectivity index (χ0v) is 11.1. The summed E-state index contributed by atoms with van der Waals surface area (Å²) in [5.41, 5.74) is 0. The van der Waals surface area contributed by atoms with Crippen molar-refractivity contribution < 1.29 is 19.8 Å². The number of β-amino-alcohol motifs (C(OH)–C–C–N with tert-alkyl or cyclic N) is 1. The van der Waals surface area contributed by atoms with Gasteiger partial charge >= 0.3 is 12.0 Å². The van der Waals surface area contributed by atoms with Crippen LogP contribution in [0.5, 0.6) is 0 Å². The molecule has 2 heterocycles. The van der Waals surface area contributed by atoms with E-state index >= 15 is 0 Å². The Kier molecular flexibility index (Phi) is 4.26. The minimum absolute atomic E-state index is 0.0906. The lowest BCUT2D eigenvalue weighted by molar-refractivity contribution is -0.141. The van der Waals surface area contributed by atoms with Crippen LogP contribution in [-0.2, 0) is 4.79 Å². The maximum atomic E-state index is 12.0. The van der Waals surface area contributed by atoms with Crippen LogP contribution in [0.3, 0.4) is 0 Å². The molecule has 108 valence electrons. The number of nitrogens with zero attached hydrogens (tertiary/aromatic N) is 2. The molecule has 0 aromatic heterocycles. The van der Waals surface area contributed by atoms with Gasteiger partial charge in [0.25, 0.3) is 0 Å². The van der Waals surface area contributed by atoms with Crippen LogP contribution in [0.1, 0.15) is 12.8 Å². The van der Waals surface area contributed by atoms with Crippen LogP contribution < -0.4 is 5.32 Å². The van der Waals surface area contributed by atoms with Gasteiger partial charge < -0.3 is 25.3 Å². The van der Waals surface area contributed by atoms with Crippen LogP contribution in [0.2, 0.25) is 0 Å². The van der Waals surface area contributed by atoms with E-state index in [1.807, 2.05) is 7.05 Å². The number of hydrogen-bond acceptors (Lipinski definition) is 4. The summed E-state index contributed by atoms with van der Waals surface area (Å²) in [6, 6.07) is -1.31. The van der Waals surface area contributed by atoms with Crippen molar-refractivity contribution in [3.8, 4) is 0 Å². The molecule has 0 radical (unpaired) electrons. The Morgan fingerprint density at radius 1 is 1.37 bits per heavy atom. The Morgan fingerprint density at radius 2 is 2.11 bits per heavy atom. The smallest absolute Gasteiger partial charge is 0.326 e. The predicted octanol–water partition coefficient (Wildman–Crippen LogP) is -0.832. The second kappa shape index (κ2) is 5.75. The third-order valence-corrected chi connectivity index (χ3v) is 3.86. The van der Waals surface area contributed by atoms with Crippen LogP contribution in [-0.4, -0.2) is 77.4 Å². The fourth-order valence-corrected chi connectivity index (χ4v) is 2.80. The number of carbonyl (C=O) groups excluding carboxylic acids is 1. The van der Waals surface area contributed by atoms with Gasteiger partial charge in [0.05, 0.1) is 6.10 Å². The number of carboxylic acid groups (broad SMARTS) is 1. The quantitative estimate of drug-likeness (QED) is 0.623. The maximum Gasteiger partial charge on any atom is 0.326 e. The molecule has 0 spiro atoms. The standard InChI is InChI=1S/C12H21N3O4/c1-14-3-2-8(6-14)5-13-12(19)15-7-9(16)4-10(15)11(17)18/h8-10,16H,2-7H2,1H3,(H,13,19)(H,17,18). The van der Waals surface area contributed by atoms with E-state index in [1.54, 1.807) is 0 Å². The molecular formula is C12H21N3O4. The van der Waals surface area contributed by atoms with Crippen molar-refractivity contribution in [2.75, 3.05) is 33.2 Å². The predicted molar refractivity (Wildman–Crippen MR) is 67.8 cm³/mol. The van der Waals surface area contributed by atoms with Crippen molar-refractivity contribution >= 4 is 12.0 Å². The average Bonchev–Trinajstić information content (AvgIpc) is 2.92. The third kappa shape index (κ3) is 3.36. The van der Waals surface area contributed by atoms with Gasteiger partial charge in [-0.2, -0.15) is 0 Å². The highest BCUT2D eigenvalue weighted by atomic mass is 16.4. The second-order valence-electron chi connectivity index (χ2n) is 5.50. The van der Waals surface area contributed by atoms with Crippen LogP contribution in [0.15, 0.2) is 0 Å². The van der Waals surface area contributed by atoms with Crippen LogP contribution in [0, 0.1) is 5.92 Å². The summed E-state index contributed by atoms with van der Waals surface area (Å²) in [5, 5.41) is 21.3. The van der Waals surface area contributed by atoms with Gasteiger partial charge in [-0.1, -0.05) is 0 Å². The highest BCUT2D eigenvalue weighted by Crippen LogP contribution is 2.18. The lowest BCUT2D eigenvalue weighted by Gasteiger charge is -2.22. The number of rotatable bonds is 3. The lowest BCUT2D eigenvalue weighted by atomic mass is 10.1. The van der Waals surface area contributed by atoms with E-state index in [4.69, 9.17) is 5.11 Å². The van der Waals surface area contributed by atoms with Crippen molar-refractivity contribution in [2.45, 2.75) is 25.0 Å². The van der Waals surface area contributed by atoms with E-state index in [-0.39, 0.29) is 13.0 Å². The summed E-state index contributed by atoms with van der Waals surface area (Å²) in [6.07, 6.45) is 0.404. The molecule has 7 nitrogen and oxygen atoms in total. The van der Waals surface area contributed by atoms with Gasteiger partial charge in [0.1, 0.15) is 6.04 Å². The summed E-state index contributed by atoms with van der Waals surface area (Å²) < 4.78 is 0. The Balaban J connectivity index is 1.83. The Bertz CT molecular complexity index is 363. The van der Waals surface area contributed by atoms with Crippen molar-refractivity contribution in [3.05, 3.63) is 0 Å². The zero-order valence-electron chi connectivity index (χ0n) is 11.1. The zero-order chi connectivity index (χ0) is 14.0. The van der Waals surface area contributed by atoms with Gasteiger partial charge in [-0.3, -0.25) is 0 Å². The molecule has 2 aliphatic heterocycles. The highest BCUT2D eigenvalue weighted by molar-refractivity contribution is 5.83. The molecule has 2 aliphatic rings. The van der Waals surface area contributed by atoms with Gasteiger partial charge in [0.2, 0.25) is 0 Å². The Labute approximate surface area is 112 Å². The number of carbonyl (C=O) groups is 2. The maximum absolute atomic E-state index is 12.0. The van der Waals surface area contributed by atoms with E-state index in [1.165, 1.54) is 4.90 Å². The van der Waals surface area contributed by atoms with Crippen molar-refractivity contribution in [1.82, 2.24) is 15.1 Å². The molecule has 0 aliphatic carbocycles. The fraction of sp³-hybridized carbons (Fsp3) is 0.833. The molecule has 3 N–H and O–H groups in total. The molecule has 2 saturated heterocycles. The molecule has 0 aromatic rings. The molecule has 0 bridgehead atoms. The van der Waals surface area contributed by atoms with Crippen molar-refractivity contribution in [3.63, 3.8) is 0 Å². The number of likely N-dealkylation sites (tertiary alicyclic amines) is 2. The second-order valence-corrected chi connectivity index (χ2v) is 5.50. The van der Waals surface area contributed by atoms with Gasteiger partial charge in [-0.25, -0.2) is 9.59 Å². The number of aliphatic hydroxyl groups is 1. The van der Waals surface area contributed by atoms with Crippen molar-refractivity contribution in [2.24, 2.45) is 5.92 Å². The first-order valence-electron chi connectivity index (χ1n) is 6.61. The van der Waals surface area contributed by atoms with Crippen LogP contribution in [0.25, 0.3) is 0 Å². The molecule has 19 heavy (non-hydrogen) atoms. The molecule has 3 unspecified atom stereocenters. The van der Waals surface area contributed by atoms with Gasteiger partial charge in [0.15, 0.2) is 0 Å². The van der Waals surface area contributed by atoms with Gasteiger partial charge in [-0.15, -0.1) is 0 Å². The SMILES string of the molecule is CN1CCC(CNC(=O)N2CC(O)CC2C(=O)O)C1. The number of amides is 2. The summed E-state index contributed by atoms with van der Waals surface area (Å²) >= 11 is 0. The molecule has 2 fully saturated rings. The summed E-state index contributed by atoms with van der Waals surface area (Å²) in [6.45, 7) is 2.63. The first-order chi connectivity index (χ1) is 8.97. The Hall–Kier alpha value is -1.34. The number of carboxylic acids is 1. The number of urea groups is 1. The van der Waals surface area contributed by atoms with E-state index in [0.29, 0.717) is 12.5 Å². The molecule has 7 heteroatoms. The Morgan fingerprint density at radius 3 is 2.68 bits per heavy atom. The average molecular weight is 271 g/mol. The number of aliphatic hydroxyl groups excluding tert-OH is 1. The van der Waals surface area contributed by atoms with Crippen molar-refractivity contribution in [1.29, 1.82) is 0 Å². The highest BCUT2D eigenvalue weighted by Gasteiger charge is 2.39. The normalized spacial score (nSPS) is 31.7. The van der Waals surface area contributed by atoms with Crippen LogP contribution in [0.4, 0.5) is 4.79 Å².